The quantitative estimate of drug-likeness (QED) is 0.877. The highest BCUT2D eigenvalue weighted by molar-refractivity contribution is 5.83. The average molecular weight is 246 g/mol. The molecule has 1 saturated carbocycles. The molecule has 0 atom stereocenters. The molecule has 2 heteroatoms. The molecule has 98 valence electrons. The molecule has 1 aliphatic carbocycles. The standard InChI is InChI=1S/C16H22O2/c1-10(2)13-8-11(3)12(4)14(9-13)16(15(17)18)6-5-7-16/h8-10H,5-7H2,1-4H3,(H,17,18). The molecular weight excluding hydrogens is 224 g/mol. The molecule has 1 fully saturated rings. The van der Waals surface area contributed by atoms with Crippen molar-refractivity contribution in [2.75, 3.05) is 0 Å². The zero-order valence-electron chi connectivity index (χ0n) is 11.7. The van der Waals surface area contributed by atoms with Crippen molar-refractivity contribution in [3.8, 4) is 0 Å². The molecule has 0 bridgehead atoms. The van der Waals surface area contributed by atoms with E-state index in [1.165, 1.54) is 11.1 Å². The van der Waals surface area contributed by atoms with Crippen molar-refractivity contribution in [1.82, 2.24) is 0 Å². The van der Waals surface area contributed by atoms with Crippen molar-refractivity contribution in [2.45, 2.75) is 58.3 Å². The predicted octanol–water partition coefficient (Wildman–Crippen LogP) is 3.93. The Bertz CT molecular complexity index is 482. The summed E-state index contributed by atoms with van der Waals surface area (Å²) in [5.41, 5.74) is 4.05. The summed E-state index contributed by atoms with van der Waals surface area (Å²) in [6.07, 6.45) is 2.59. The van der Waals surface area contributed by atoms with Crippen LogP contribution in [0.5, 0.6) is 0 Å². The first-order valence-corrected chi connectivity index (χ1v) is 6.73. The van der Waals surface area contributed by atoms with Gasteiger partial charge in [0.15, 0.2) is 0 Å². The van der Waals surface area contributed by atoms with Crippen LogP contribution in [0.2, 0.25) is 0 Å². The van der Waals surface area contributed by atoms with Gasteiger partial charge in [-0.2, -0.15) is 0 Å². The van der Waals surface area contributed by atoms with Gasteiger partial charge in [0.2, 0.25) is 0 Å². The molecule has 0 amide bonds. The van der Waals surface area contributed by atoms with Gasteiger partial charge in [0.05, 0.1) is 5.41 Å². The van der Waals surface area contributed by atoms with Crippen molar-refractivity contribution >= 4 is 5.97 Å². The highest BCUT2D eigenvalue weighted by atomic mass is 16.4. The molecule has 0 aliphatic heterocycles. The van der Waals surface area contributed by atoms with Crippen LogP contribution in [0.3, 0.4) is 0 Å². The van der Waals surface area contributed by atoms with Crippen LogP contribution >= 0.6 is 0 Å². The molecule has 1 aliphatic rings. The van der Waals surface area contributed by atoms with E-state index in [1.807, 2.05) is 0 Å². The Morgan fingerprint density at radius 1 is 1.28 bits per heavy atom. The van der Waals surface area contributed by atoms with Gasteiger partial charge in [-0.3, -0.25) is 4.79 Å². The minimum atomic E-state index is -0.655. The summed E-state index contributed by atoms with van der Waals surface area (Å²) < 4.78 is 0. The molecular formula is C16H22O2. The maximum absolute atomic E-state index is 11.6. The van der Waals surface area contributed by atoms with Crippen LogP contribution in [0, 0.1) is 13.8 Å². The minimum Gasteiger partial charge on any atom is -0.481 e. The number of rotatable bonds is 3. The van der Waals surface area contributed by atoms with Gasteiger partial charge in [0, 0.05) is 0 Å². The molecule has 0 saturated heterocycles. The maximum Gasteiger partial charge on any atom is 0.314 e. The first-order chi connectivity index (χ1) is 8.38. The van der Waals surface area contributed by atoms with Gasteiger partial charge < -0.3 is 5.11 Å². The van der Waals surface area contributed by atoms with Crippen molar-refractivity contribution in [2.24, 2.45) is 0 Å². The number of hydrogen-bond acceptors (Lipinski definition) is 1. The number of carbonyl (C=O) groups is 1. The summed E-state index contributed by atoms with van der Waals surface area (Å²) in [6, 6.07) is 4.32. The van der Waals surface area contributed by atoms with Crippen LogP contribution in [0.25, 0.3) is 0 Å². The summed E-state index contributed by atoms with van der Waals surface area (Å²) in [5, 5.41) is 9.58. The second kappa shape index (κ2) is 4.42. The van der Waals surface area contributed by atoms with E-state index >= 15 is 0 Å². The monoisotopic (exact) mass is 246 g/mol. The van der Waals surface area contributed by atoms with Crippen LogP contribution in [0.4, 0.5) is 0 Å². The molecule has 1 aromatic carbocycles. The van der Waals surface area contributed by atoms with E-state index in [1.54, 1.807) is 0 Å². The highest BCUT2D eigenvalue weighted by Crippen LogP contribution is 2.46. The smallest absolute Gasteiger partial charge is 0.314 e. The fraction of sp³-hybridized carbons (Fsp3) is 0.562. The first-order valence-electron chi connectivity index (χ1n) is 6.73. The van der Waals surface area contributed by atoms with Gasteiger partial charge in [-0.05, 0) is 54.9 Å². The molecule has 0 aromatic heterocycles. The average Bonchev–Trinajstić information content (AvgIpc) is 2.21. The first kappa shape index (κ1) is 13.1. The highest BCUT2D eigenvalue weighted by Gasteiger charge is 2.47. The van der Waals surface area contributed by atoms with Gasteiger partial charge in [-0.25, -0.2) is 0 Å². The third kappa shape index (κ3) is 1.84. The summed E-state index contributed by atoms with van der Waals surface area (Å²) in [5.74, 6) is -0.217. The molecule has 0 heterocycles. The zero-order valence-corrected chi connectivity index (χ0v) is 11.7. The second-order valence-electron chi connectivity index (χ2n) is 5.91. The Hall–Kier alpha value is -1.31. The van der Waals surface area contributed by atoms with E-state index in [2.05, 4.69) is 39.8 Å². The Kier molecular flexibility index (Phi) is 3.22. The molecule has 1 N–H and O–H groups in total. The Labute approximate surface area is 109 Å². The van der Waals surface area contributed by atoms with Crippen molar-refractivity contribution < 1.29 is 9.90 Å². The molecule has 1 aromatic rings. The van der Waals surface area contributed by atoms with Crippen molar-refractivity contribution in [3.05, 3.63) is 34.4 Å². The van der Waals surface area contributed by atoms with Crippen molar-refractivity contribution in [1.29, 1.82) is 0 Å². The van der Waals surface area contributed by atoms with E-state index in [0.29, 0.717) is 5.92 Å². The topological polar surface area (TPSA) is 37.3 Å². The van der Waals surface area contributed by atoms with Crippen LogP contribution in [0.1, 0.15) is 61.3 Å². The number of hydrogen-bond donors (Lipinski definition) is 1. The van der Waals surface area contributed by atoms with E-state index in [4.69, 9.17) is 0 Å². The van der Waals surface area contributed by atoms with Gasteiger partial charge in [-0.15, -0.1) is 0 Å². The summed E-state index contributed by atoms with van der Waals surface area (Å²) in [7, 11) is 0. The third-order valence-electron chi connectivity index (χ3n) is 4.49. The number of carboxylic acids is 1. The number of aryl methyl sites for hydroxylation is 1. The van der Waals surface area contributed by atoms with E-state index in [9.17, 15) is 9.90 Å². The fourth-order valence-corrected chi connectivity index (χ4v) is 2.85. The van der Waals surface area contributed by atoms with E-state index in [-0.39, 0.29) is 0 Å². The number of aliphatic carboxylic acids is 1. The summed E-state index contributed by atoms with van der Waals surface area (Å²) >= 11 is 0. The molecule has 2 nitrogen and oxygen atoms in total. The zero-order chi connectivity index (χ0) is 13.5. The number of benzene rings is 1. The van der Waals surface area contributed by atoms with Gasteiger partial charge in [0.25, 0.3) is 0 Å². The number of carboxylic acid groups (broad SMARTS) is 1. The van der Waals surface area contributed by atoms with Gasteiger partial charge >= 0.3 is 5.97 Å². The Morgan fingerprint density at radius 2 is 1.89 bits per heavy atom. The lowest BCUT2D eigenvalue weighted by Gasteiger charge is -2.40. The lowest BCUT2D eigenvalue weighted by Crippen LogP contribution is -2.43. The van der Waals surface area contributed by atoms with Crippen LogP contribution < -0.4 is 0 Å². The van der Waals surface area contributed by atoms with Crippen LogP contribution in [0.15, 0.2) is 12.1 Å². The molecule has 0 spiro atoms. The SMILES string of the molecule is Cc1cc(C(C)C)cc(C2(C(=O)O)CCC2)c1C. The molecule has 2 rings (SSSR count). The second-order valence-corrected chi connectivity index (χ2v) is 5.91. The molecule has 0 radical (unpaired) electrons. The lowest BCUT2D eigenvalue weighted by atomic mass is 9.62. The largest absolute Gasteiger partial charge is 0.481 e. The normalized spacial score (nSPS) is 17.6. The fourth-order valence-electron chi connectivity index (χ4n) is 2.85. The van der Waals surface area contributed by atoms with E-state index < -0.39 is 11.4 Å². The molecule has 18 heavy (non-hydrogen) atoms. The van der Waals surface area contributed by atoms with E-state index in [0.717, 1.165) is 30.4 Å². The van der Waals surface area contributed by atoms with Crippen LogP contribution in [-0.4, -0.2) is 11.1 Å². The predicted molar refractivity (Wildman–Crippen MR) is 73.2 cm³/mol. The van der Waals surface area contributed by atoms with Crippen molar-refractivity contribution in [3.63, 3.8) is 0 Å². The Morgan fingerprint density at radius 3 is 2.28 bits per heavy atom. The van der Waals surface area contributed by atoms with Crippen LogP contribution in [-0.2, 0) is 10.2 Å². The van der Waals surface area contributed by atoms with Gasteiger partial charge in [0.1, 0.15) is 0 Å². The van der Waals surface area contributed by atoms with Gasteiger partial charge in [-0.1, -0.05) is 32.4 Å². The third-order valence-corrected chi connectivity index (χ3v) is 4.49. The minimum absolute atomic E-state index is 0.439. The Balaban J connectivity index is 2.59. The molecule has 0 unspecified atom stereocenters. The summed E-state index contributed by atoms with van der Waals surface area (Å²) in [6.45, 7) is 8.45. The summed E-state index contributed by atoms with van der Waals surface area (Å²) in [4.78, 5) is 11.6. The lowest BCUT2D eigenvalue weighted by molar-refractivity contribution is -0.147. The maximum atomic E-state index is 11.6.